The topological polar surface area (TPSA) is 101 Å². The molecule has 0 saturated heterocycles. The lowest BCUT2D eigenvalue weighted by Crippen LogP contribution is -2.23. The third kappa shape index (κ3) is 1.95. The van der Waals surface area contributed by atoms with Gasteiger partial charge in [0.2, 0.25) is 0 Å². The van der Waals surface area contributed by atoms with Gasteiger partial charge in [-0.1, -0.05) is 0 Å². The van der Waals surface area contributed by atoms with E-state index in [0.29, 0.717) is 23.4 Å². The molecule has 3 aromatic rings. The van der Waals surface area contributed by atoms with Crippen LogP contribution in [0.1, 0.15) is 6.92 Å². The predicted octanol–water partition coefficient (Wildman–Crippen LogP) is 0.558. The van der Waals surface area contributed by atoms with E-state index in [1.165, 1.54) is 0 Å². The molecule has 0 aliphatic heterocycles. The monoisotopic (exact) mass is 258 g/mol. The van der Waals surface area contributed by atoms with Crippen molar-refractivity contribution < 1.29 is 4.74 Å². The van der Waals surface area contributed by atoms with Crippen LogP contribution in [0.4, 0.5) is 0 Å². The number of H-pyrrole nitrogens is 2. The van der Waals surface area contributed by atoms with Crippen molar-refractivity contribution in [3.05, 3.63) is 39.0 Å². The van der Waals surface area contributed by atoms with Crippen LogP contribution in [-0.4, -0.2) is 26.5 Å². The van der Waals surface area contributed by atoms with Crippen LogP contribution in [0.5, 0.6) is 5.75 Å². The molecule has 0 aliphatic rings. The van der Waals surface area contributed by atoms with Crippen LogP contribution < -0.4 is 16.0 Å². The summed E-state index contributed by atoms with van der Waals surface area (Å²) in [4.78, 5) is 35.8. The van der Waals surface area contributed by atoms with Crippen LogP contribution in [0.15, 0.2) is 27.8 Å². The molecule has 2 N–H and O–H groups in total. The van der Waals surface area contributed by atoms with Gasteiger partial charge in [-0.25, -0.2) is 14.8 Å². The third-order valence-electron chi connectivity index (χ3n) is 2.62. The quantitative estimate of drug-likeness (QED) is 0.654. The molecular formula is C12H10N4O3. The van der Waals surface area contributed by atoms with E-state index in [1.54, 1.807) is 18.2 Å². The van der Waals surface area contributed by atoms with Crippen molar-refractivity contribution in [2.24, 2.45) is 0 Å². The van der Waals surface area contributed by atoms with Crippen LogP contribution in [-0.2, 0) is 0 Å². The van der Waals surface area contributed by atoms with Crippen molar-refractivity contribution >= 4 is 22.2 Å². The highest BCUT2D eigenvalue weighted by Gasteiger charge is 2.07. The largest absolute Gasteiger partial charge is 0.494 e. The maximum atomic E-state index is 11.6. The van der Waals surface area contributed by atoms with Gasteiger partial charge in [0.1, 0.15) is 5.75 Å². The molecule has 3 rings (SSSR count). The SMILES string of the molecule is CCOc1ccc2nc3c(=O)[nH]c(=O)[nH]c3nc2c1. The second-order valence-corrected chi connectivity index (χ2v) is 3.91. The lowest BCUT2D eigenvalue weighted by molar-refractivity contribution is 0.340. The maximum Gasteiger partial charge on any atom is 0.327 e. The summed E-state index contributed by atoms with van der Waals surface area (Å²) >= 11 is 0. The minimum atomic E-state index is -0.605. The molecule has 2 heterocycles. The average Bonchev–Trinajstić information content (AvgIpc) is 2.37. The van der Waals surface area contributed by atoms with Crippen LogP contribution in [0, 0.1) is 0 Å². The van der Waals surface area contributed by atoms with E-state index < -0.39 is 11.2 Å². The summed E-state index contributed by atoms with van der Waals surface area (Å²) in [6.45, 7) is 2.43. The Balaban J connectivity index is 2.35. The molecule has 2 aromatic heterocycles. The Morgan fingerprint density at radius 3 is 2.79 bits per heavy atom. The Bertz CT molecular complexity index is 881. The number of aromatic amines is 2. The highest BCUT2D eigenvalue weighted by Crippen LogP contribution is 2.18. The average molecular weight is 258 g/mol. The molecule has 0 amide bonds. The van der Waals surface area contributed by atoms with Crippen molar-refractivity contribution in [2.75, 3.05) is 6.61 Å². The number of hydrogen-bond donors (Lipinski definition) is 2. The van der Waals surface area contributed by atoms with Gasteiger partial charge in [0.25, 0.3) is 5.56 Å². The number of hydrogen-bond acceptors (Lipinski definition) is 5. The molecule has 0 spiro atoms. The zero-order valence-corrected chi connectivity index (χ0v) is 10.1. The van der Waals surface area contributed by atoms with Gasteiger partial charge in [0.15, 0.2) is 11.2 Å². The molecule has 0 atom stereocenters. The van der Waals surface area contributed by atoms with E-state index in [2.05, 4.69) is 19.9 Å². The Kier molecular flexibility index (Phi) is 2.52. The molecule has 0 bridgehead atoms. The second kappa shape index (κ2) is 4.20. The van der Waals surface area contributed by atoms with Gasteiger partial charge in [-0.2, -0.15) is 0 Å². The number of aromatic nitrogens is 4. The molecular weight excluding hydrogens is 248 g/mol. The van der Waals surface area contributed by atoms with Crippen LogP contribution in [0.2, 0.25) is 0 Å². The Morgan fingerprint density at radius 1 is 1.16 bits per heavy atom. The van der Waals surface area contributed by atoms with E-state index in [1.807, 2.05) is 6.92 Å². The minimum absolute atomic E-state index is 0.108. The zero-order valence-electron chi connectivity index (χ0n) is 10.1. The molecule has 7 nitrogen and oxygen atoms in total. The molecule has 0 unspecified atom stereocenters. The van der Waals surface area contributed by atoms with Crippen LogP contribution >= 0.6 is 0 Å². The molecule has 7 heteroatoms. The van der Waals surface area contributed by atoms with Gasteiger partial charge in [0, 0.05) is 6.07 Å². The lowest BCUT2D eigenvalue weighted by atomic mass is 10.3. The summed E-state index contributed by atoms with van der Waals surface area (Å²) < 4.78 is 5.37. The van der Waals surface area contributed by atoms with Gasteiger partial charge in [-0.15, -0.1) is 0 Å². The van der Waals surface area contributed by atoms with Crippen molar-refractivity contribution in [1.82, 2.24) is 19.9 Å². The fraction of sp³-hybridized carbons (Fsp3) is 0.167. The standard InChI is InChI=1S/C12H10N4O3/c1-2-19-6-3-4-7-8(5-6)14-10-9(13-7)11(17)16-12(18)15-10/h3-5H,2H2,1H3,(H2,14,15,16,17,18). The Labute approximate surface area is 106 Å². The summed E-state index contributed by atoms with van der Waals surface area (Å²) in [6, 6.07) is 5.19. The summed E-state index contributed by atoms with van der Waals surface area (Å²) in [7, 11) is 0. The van der Waals surface area contributed by atoms with Gasteiger partial charge in [0.05, 0.1) is 17.6 Å². The number of rotatable bonds is 2. The summed E-state index contributed by atoms with van der Waals surface area (Å²) in [6.07, 6.45) is 0. The normalized spacial score (nSPS) is 11.0. The fourth-order valence-electron chi connectivity index (χ4n) is 1.84. The molecule has 96 valence electrons. The van der Waals surface area contributed by atoms with Gasteiger partial charge in [-0.05, 0) is 19.1 Å². The minimum Gasteiger partial charge on any atom is -0.494 e. The molecule has 0 aliphatic carbocycles. The van der Waals surface area contributed by atoms with Crippen molar-refractivity contribution in [3.8, 4) is 5.75 Å². The molecule has 19 heavy (non-hydrogen) atoms. The number of fused-ring (bicyclic) bond motifs is 2. The zero-order chi connectivity index (χ0) is 13.4. The van der Waals surface area contributed by atoms with Crippen LogP contribution in [0.25, 0.3) is 22.2 Å². The number of nitrogens with zero attached hydrogens (tertiary/aromatic N) is 2. The van der Waals surface area contributed by atoms with Gasteiger partial charge < -0.3 is 4.74 Å². The number of ether oxygens (including phenoxy) is 1. The fourth-order valence-corrected chi connectivity index (χ4v) is 1.84. The maximum absolute atomic E-state index is 11.6. The highest BCUT2D eigenvalue weighted by molar-refractivity contribution is 5.84. The molecule has 0 saturated carbocycles. The summed E-state index contributed by atoms with van der Waals surface area (Å²) in [5.41, 5.74) is 0.230. The summed E-state index contributed by atoms with van der Waals surface area (Å²) in [5, 5.41) is 0. The van der Waals surface area contributed by atoms with Crippen molar-refractivity contribution in [1.29, 1.82) is 0 Å². The van der Waals surface area contributed by atoms with Crippen LogP contribution in [0.3, 0.4) is 0 Å². The van der Waals surface area contributed by atoms with E-state index in [-0.39, 0.29) is 11.2 Å². The number of benzene rings is 1. The second-order valence-electron chi connectivity index (χ2n) is 3.91. The van der Waals surface area contributed by atoms with Gasteiger partial charge >= 0.3 is 5.69 Å². The van der Waals surface area contributed by atoms with Crippen molar-refractivity contribution in [2.45, 2.75) is 6.92 Å². The summed E-state index contributed by atoms with van der Waals surface area (Å²) in [5.74, 6) is 0.663. The first-order valence-corrected chi connectivity index (χ1v) is 5.74. The Hall–Kier alpha value is -2.70. The van der Waals surface area contributed by atoms with Gasteiger partial charge in [-0.3, -0.25) is 14.8 Å². The molecule has 0 radical (unpaired) electrons. The van der Waals surface area contributed by atoms with E-state index in [9.17, 15) is 9.59 Å². The van der Waals surface area contributed by atoms with E-state index in [4.69, 9.17) is 4.74 Å². The first kappa shape index (κ1) is 11.4. The third-order valence-corrected chi connectivity index (χ3v) is 2.62. The van der Waals surface area contributed by atoms with Crippen molar-refractivity contribution in [3.63, 3.8) is 0 Å². The van der Waals surface area contributed by atoms with E-state index in [0.717, 1.165) is 0 Å². The first-order valence-electron chi connectivity index (χ1n) is 5.74. The molecule has 1 aromatic carbocycles. The number of nitrogens with one attached hydrogen (secondary N) is 2. The smallest absolute Gasteiger partial charge is 0.327 e. The van der Waals surface area contributed by atoms with E-state index >= 15 is 0 Å². The first-order chi connectivity index (χ1) is 9.17. The molecule has 0 fully saturated rings. The highest BCUT2D eigenvalue weighted by atomic mass is 16.5. The lowest BCUT2D eigenvalue weighted by Gasteiger charge is -2.04. The predicted molar refractivity (Wildman–Crippen MR) is 69.5 cm³/mol. The Morgan fingerprint density at radius 2 is 2.00 bits per heavy atom.